The topological polar surface area (TPSA) is 97.4 Å². The van der Waals surface area contributed by atoms with Gasteiger partial charge >= 0.3 is 6.03 Å². The first-order valence-corrected chi connectivity index (χ1v) is 4.95. The van der Waals surface area contributed by atoms with Gasteiger partial charge in [0, 0.05) is 13.1 Å². The molecule has 7 heteroatoms. The van der Waals surface area contributed by atoms with E-state index >= 15 is 0 Å². The number of amides is 3. The monoisotopic (exact) mass is 275 g/mol. The van der Waals surface area contributed by atoms with Crippen LogP contribution < -0.4 is 16.4 Å². The lowest BCUT2D eigenvalue weighted by molar-refractivity contribution is 0.0952. The van der Waals surface area contributed by atoms with Crippen molar-refractivity contribution >= 4 is 27.9 Å². The second-order valence-corrected chi connectivity index (χ2v) is 3.38. The van der Waals surface area contributed by atoms with Crippen molar-refractivity contribution in [3.8, 4) is 0 Å². The second-order valence-electron chi connectivity index (χ2n) is 2.65. The molecular weight excluding hydrogens is 266 g/mol. The highest BCUT2D eigenvalue weighted by molar-refractivity contribution is 9.10. The Kier molecular flexibility index (Phi) is 4.17. The summed E-state index contributed by atoms with van der Waals surface area (Å²) in [7, 11) is 0. The molecule has 0 spiro atoms. The van der Waals surface area contributed by atoms with Crippen LogP contribution in [0.4, 0.5) is 4.79 Å². The first kappa shape index (κ1) is 11.6. The van der Waals surface area contributed by atoms with Gasteiger partial charge < -0.3 is 20.8 Å². The number of primary amides is 1. The molecule has 1 aromatic rings. The van der Waals surface area contributed by atoms with Crippen LogP contribution in [0.15, 0.2) is 21.4 Å². The molecule has 0 aliphatic carbocycles. The molecule has 0 aliphatic rings. The number of rotatable bonds is 4. The highest BCUT2D eigenvalue weighted by atomic mass is 79.9. The summed E-state index contributed by atoms with van der Waals surface area (Å²) in [6, 6.07) is 0.926. The predicted molar refractivity (Wildman–Crippen MR) is 56.3 cm³/mol. The zero-order valence-electron chi connectivity index (χ0n) is 7.75. The number of nitrogens with one attached hydrogen (secondary N) is 2. The second kappa shape index (κ2) is 5.40. The minimum atomic E-state index is -0.617. The first-order chi connectivity index (χ1) is 7.11. The Bertz CT molecular complexity index is 364. The number of carbonyl (C=O) groups excluding carboxylic acids is 2. The van der Waals surface area contributed by atoms with Gasteiger partial charge in [-0.1, -0.05) is 0 Å². The Labute approximate surface area is 94.3 Å². The van der Waals surface area contributed by atoms with Gasteiger partial charge in [0.05, 0.1) is 11.8 Å². The molecule has 0 fully saturated rings. The minimum absolute atomic E-state index is 0.276. The van der Waals surface area contributed by atoms with E-state index in [9.17, 15) is 9.59 Å². The zero-order valence-corrected chi connectivity index (χ0v) is 9.33. The van der Waals surface area contributed by atoms with Crippen molar-refractivity contribution < 1.29 is 14.0 Å². The van der Waals surface area contributed by atoms with Gasteiger partial charge in [0.2, 0.25) is 0 Å². The average Bonchev–Trinajstić information content (AvgIpc) is 2.58. The Balaban J connectivity index is 2.31. The van der Waals surface area contributed by atoms with E-state index in [0.29, 0.717) is 16.8 Å². The van der Waals surface area contributed by atoms with Crippen LogP contribution in [-0.2, 0) is 0 Å². The third-order valence-electron chi connectivity index (χ3n) is 1.57. The summed E-state index contributed by atoms with van der Waals surface area (Å²) in [4.78, 5) is 21.7. The Morgan fingerprint density at radius 1 is 1.40 bits per heavy atom. The van der Waals surface area contributed by atoms with Gasteiger partial charge in [0.15, 0.2) is 4.67 Å². The molecule has 0 aromatic carbocycles. The summed E-state index contributed by atoms with van der Waals surface area (Å²) in [5.41, 5.74) is 5.25. The number of hydrogen-bond donors (Lipinski definition) is 3. The maximum atomic E-state index is 11.4. The number of halogens is 1. The van der Waals surface area contributed by atoms with Gasteiger partial charge in [-0.2, -0.15) is 0 Å². The summed E-state index contributed by atoms with van der Waals surface area (Å²) >= 11 is 3.08. The maximum absolute atomic E-state index is 11.4. The van der Waals surface area contributed by atoms with E-state index in [1.807, 2.05) is 0 Å². The van der Waals surface area contributed by atoms with Crippen LogP contribution in [0, 0.1) is 0 Å². The lowest BCUT2D eigenvalue weighted by Crippen LogP contribution is -2.37. The van der Waals surface area contributed by atoms with Crippen LogP contribution in [0.5, 0.6) is 0 Å². The van der Waals surface area contributed by atoms with Gasteiger partial charge in [0.1, 0.15) is 0 Å². The number of urea groups is 1. The highest BCUT2D eigenvalue weighted by Gasteiger charge is 2.11. The number of furan rings is 1. The molecule has 4 N–H and O–H groups in total. The SMILES string of the molecule is NC(=O)NCCNC(=O)c1ccoc1Br. The molecule has 1 rings (SSSR count). The number of nitrogens with two attached hydrogens (primary N) is 1. The Morgan fingerprint density at radius 2 is 2.07 bits per heavy atom. The van der Waals surface area contributed by atoms with Gasteiger partial charge in [0.25, 0.3) is 5.91 Å². The molecule has 0 radical (unpaired) electrons. The van der Waals surface area contributed by atoms with E-state index in [-0.39, 0.29) is 12.5 Å². The van der Waals surface area contributed by atoms with Gasteiger partial charge in [-0.25, -0.2) is 4.79 Å². The largest absolute Gasteiger partial charge is 0.457 e. The predicted octanol–water partition coefficient (Wildman–Crippen LogP) is 0.440. The quantitative estimate of drug-likeness (QED) is 0.696. The zero-order chi connectivity index (χ0) is 11.3. The fraction of sp³-hybridized carbons (Fsp3) is 0.250. The molecule has 0 saturated heterocycles. The molecule has 82 valence electrons. The van der Waals surface area contributed by atoms with E-state index in [2.05, 4.69) is 26.6 Å². The molecule has 0 atom stereocenters. The minimum Gasteiger partial charge on any atom is -0.457 e. The number of hydrogen-bond acceptors (Lipinski definition) is 3. The van der Waals surface area contributed by atoms with E-state index in [1.54, 1.807) is 6.07 Å². The number of carbonyl (C=O) groups is 2. The summed E-state index contributed by atoms with van der Waals surface area (Å²) in [6.07, 6.45) is 1.40. The fourth-order valence-corrected chi connectivity index (χ4v) is 1.33. The summed E-state index contributed by atoms with van der Waals surface area (Å²) in [5, 5.41) is 4.93. The Hall–Kier alpha value is -1.50. The standard InChI is InChI=1S/C8H10BrN3O3/c9-6-5(1-4-15-6)7(13)11-2-3-12-8(10)14/h1,4H,2-3H2,(H,11,13)(H3,10,12,14). The van der Waals surface area contributed by atoms with Gasteiger partial charge in [-0.3, -0.25) is 4.79 Å². The van der Waals surface area contributed by atoms with E-state index in [4.69, 9.17) is 10.2 Å². The van der Waals surface area contributed by atoms with Crippen LogP contribution in [-0.4, -0.2) is 25.0 Å². The molecule has 0 bridgehead atoms. The van der Waals surface area contributed by atoms with Gasteiger partial charge in [-0.15, -0.1) is 0 Å². The van der Waals surface area contributed by atoms with E-state index in [0.717, 1.165) is 0 Å². The van der Waals surface area contributed by atoms with E-state index in [1.165, 1.54) is 6.26 Å². The van der Waals surface area contributed by atoms with Crippen molar-refractivity contribution in [3.05, 3.63) is 22.6 Å². The normalized spacial score (nSPS) is 9.67. The molecule has 15 heavy (non-hydrogen) atoms. The smallest absolute Gasteiger partial charge is 0.312 e. The summed E-state index contributed by atoms with van der Waals surface area (Å²) in [5.74, 6) is -0.276. The average molecular weight is 276 g/mol. The fourth-order valence-electron chi connectivity index (χ4n) is 0.913. The third kappa shape index (κ3) is 3.62. The van der Waals surface area contributed by atoms with Crippen LogP contribution >= 0.6 is 15.9 Å². The van der Waals surface area contributed by atoms with Crippen LogP contribution in [0.25, 0.3) is 0 Å². The van der Waals surface area contributed by atoms with Gasteiger partial charge in [-0.05, 0) is 22.0 Å². The van der Waals surface area contributed by atoms with Crippen LogP contribution in [0.2, 0.25) is 0 Å². The van der Waals surface area contributed by atoms with Crippen molar-refractivity contribution in [3.63, 3.8) is 0 Å². The summed E-state index contributed by atoms with van der Waals surface area (Å²) < 4.78 is 5.27. The maximum Gasteiger partial charge on any atom is 0.312 e. The Morgan fingerprint density at radius 3 is 2.60 bits per heavy atom. The van der Waals surface area contributed by atoms with Crippen LogP contribution in [0.1, 0.15) is 10.4 Å². The summed E-state index contributed by atoms with van der Waals surface area (Å²) in [6.45, 7) is 0.593. The molecule has 6 nitrogen and oxygen atoms in total. The highest BCUT2D eigenvalue weighted by Crippen LogP contribution is 2.16. The first-order valence-electron chi connectivity index (χ1n) is 4.15. The van der Waals surface area contributed by atoms with Crippen molar-refractivity contribution in [1.82, 2.24) is 10.6 Å². The van der Waals surface area contributed by atoms with Crippen molar-refractivity contribution in [2.75, 3.05) is 13.1 Å². The molecule has 0 aliphatic heterocycles. The molecule has 0 unspecified atom stereocenters. The van der Waals surface area contributed by atoms with E-state index < -0.39 is 6.03 Å². The molecule has 3 amide bonds. The molecule has 1 aromatic heterocycles. The molecule has 0 saturated carbocycles. The van der Waals surface area contributed by atoms with Crippen molar-refractivity contribution in [1.29, 1.82) is 0 Å². The third-order valence-corrected chi connectivity index (χ3v) is 2.19. The van der Waals surface area contributed by atoms with Crippen LogP contribution in [0.3, 0.4) is 0 Å². The van der Waals surface area contributed by atoms with Crippen molar-refractivity contribution in [2.24, 2.45) is 5.73 Å². The lowest BCUT2D eigenvalue weighted by Gasteiger charge is -2.03. The molecule has 1 heterocycles. The van der Waals surface area contributed by atoms with Crippen molar-refractivity contribution in [2.45, 2.75) is 0 Å². The molecular formula is C8H10BrN3O3. The lowest BCUT2D eigenvalue weighted by atomic mass is 10.3.